The predicted octanol–water partition coefficient (Wildman–Crippen LogP) is 1.29. The first kappa shape index (κ1) is 12.9. The largest absolute Gasteiger partial charge is 0.396 e. The third kappa shape index (κ3) is 4.05. The van der Waals surface area contributed by atoms with Gasteiger partial charge in [0.2, 0.25) is 0 Å². The van der Waals surface area contributed by atoms with E-state index in [0.717, 1.165) is 25.8 Å². The molecule has 2 unspecified atom stereocenters. The maximum Gasteiger partial charge on any atom is 0.0742 e. The lowest BCUT2D eigenvalue weighted by Gasteiger charge is -2.30. The summed E-state index contributed by atoms with van der Waals surface area (Å²) in [6, 6.07) is 1.08. The molecule has 1 aliphatic rings. The summed E-state index contributed by atoms with van der Waals surface area (Å²) < 4.78 is 0. The molecule has 0 spiro atoms. The van der Waals surface area contributed by atoms with E-state index in [4.69, 9.17) is 23.1 Å². The SMILES string of the molecule is CC(CC(N)=S)N1CCCC1CCCO. The molecule has 0 aromatic rings. The Balaban J connectivity index is 2.40. The second-order valence-electron chi connectivity index (χ2n) is 4.42. The van der Waals surface area contributed by atoms with E-state index in [9.17, 15) is 0 Å². The lowest BCUT2D eigenvalue weighted by Crippen LogP contribution is -2.39. The Morgan fingerprint density at radius 2 is 2.40 bits per heavy atom. The van der Waals surface area contributed by atoms with Crippen LogP contribution in [0.15, 0.2) is 0 Å². The van der Waals surface area contributed by atoms with Gasteiger partial charge in [0, 0.05) is 25.1 Å². The van der Waals surface area contributed by atoms with Gasteiger partial charge in [0.1, 0.15) is 0 Å². The quantitative estimate of drug-likeness (QED) is 0.675. The molecule has 0 aliphatic carbocycles. The summed E-state index contributed by atoms with van der Waals surface area (Å²) in [5, 5.41) is 8.84. The molecule has 3 nitrogen and oxygen atoms in total. The minimum Gasteiger partial charge on any atom is -0.396 e. The second kappa shape index (κ2) is 6.40. The van der Waals surface area contributed by atoms with Gasteiger partial charge in [-0.2, -0.15) is 0 Å². The molecule has 0 aromatic carbocycles. The number of aliphatic hydroxyl groups excluding tert-OH is 1. The summed E-state index contributed by atoms with van der Waals surface area (Å²) in [6.45, 7) is 3.64. The zero-order valence-corrected chi connectivity index (χ0v) is 10.3. The van der Waals surface area contributed by atoms with Gasteiger partial charge in [-0.1, -0.05) is 12.2 Å². The minimum atomic E-state index is 0.300. The number of aliphatic hydroxyl groups is 1. The van der Waals surface area contributed by atoms with E-state index >= 15 is 0 Å². The van der Waals surface area contributed by atoms with Crippen molar-refractivity contribution in [3.05, 3.63) is 0 Å². The third-order valence-corrected chi connectivity index (χ3v) is 3.35. The molecule has 2 atom stereocenters. The molecular formula is C11H22N2OS. The van der Waals surface area contributed by atoms with Gasteiger partial charge in [-0.15, -0.1) is 0 Å². The highest BCUT2D eigenvalue weighted by Crippen LogP contribution is 2.24. The molecule has 0 amide bonds. The number of rotatable bonds is 6. The van der Waals surface area contributed by atoms with Crippen LogP contribution in [0, 0.1) is 0 Å². The number of nitrogens with two attached hydrogens (primary N) is 1. The average molecular weight is 230 g/mol. The molecule has 0 aromatic heterocycles. The predicted molar refractivity (Wildman–Crippen MR) is 66.9 cm³/mol. The van der Waals surface area contributed by atoms with Crippen molar-refractivity contribution in [3.63, 3.8) is 0 Å². The van der Waals surface area contributed by atoms with Gasteiger partial charge in [-0.25, -0.2) is 0 Å². The van der Waals surface area contributed by atoms with Crippen LogP contribution in [0.1, 0.15) is 39.0 Å². The average Bonchev–Trinajstić information content (AvgIpc) is 2.61. The molecule has 1 aliphatic heterocycles. The van der Waals surface area contributed by atoms with Crippen molar-refractivity contribution in [3.8, 4) is 0 Å². The molecule has 3 N–H and O–H groups in total. The van der Waals surface area contributed by atoms with Crippen molar-refractivity contribution in [1.82, 2.24) is 4.90 Å². The summed E-state index contributed by atoms with van der Waals surface area (Å²) >= 11 is 4.94. The Labute approximate surface area is 97.6 Å². The molecule has 88 valence electrons. The van der Waals surface area contributed by atoms with E-state index in [0.29, 0.717) is 23.7 Å². The number of nitrogens with zero attached hydrogens (tertiary/aromatic N) is 1. The fraction of sp³-hybridized carbons (Fsp3) is 0.909. The number of hydrogen-bond acceptors (Lipinski definition) is 3. The maximum atomic E-state index is 8.84. The topological polar surface area (TPSA) is 49.5 Å². The first-order chi connectivity index (χ1) is 7.15. The van der Waals surface area contributed by atoms with Crippen molar-refractivity contribution in [2.75, 3.05) is 13.2 Å². The number of thiocarbonyl (C=S) groups is 1. The summed E-state index contributed by atoms with van der Waals surface area (Å²) in [4.78, 5) is 3.10. The Hall–Kier alpha value is -0.190. The van der Waals surface area contributed by atoms with Crippen LogP contribution >= 0.6 is 12.2 Å². The second-order valence-corrected chi connectivity index (χ2v) is 4.94. The number of likely N-dealkylation sites (tertiary alicyclic amines) is 1. The smallest absolute Gasteiger partial charge is 0.0742 e. The van der Waals surface area contributed by atoms with Crippen molar-refractivity contribution in [2.24, 2.45) is 5.73 Å². The van der Waals surface area contributed by atoms with E-state index in [1.54, 1.807) is 0 Å². The minimum absolute atomic E-state index is 0.300. The molecule has 4 heteroatoms. The monoisotopic (exact) mass is 230 g/mol. The van der Waals surface area contributed by atoms with Crippen LogP contribution in [0.5, 0.6) is 0 Å². The molecule has 1 saturated heterocycles. The van der Waals surface area contributed by atoms with Crippen molar-refractivity contribution in [2.45, 2.75) is 51.1 Å². The maximum absolute atomic E-state index is 8.84. The normalized spacial score (nSPS) is 24.3. The van der Waals surface area contributed by atoms with Crippen LogP contribution in [-0.4, -0.2) is 40.2 Å². The first-order valence-electron chi connectivity index (χ1n) is 5.80. The van der Waals surface area contributed by atoms with Gasteiger partial charge in [-0.3, -0.25) is 4.90 Å². The zero-order valence-electron chi connectivity index (χ0n) is 9.48. The molecule has 1 fully saturated rings. The van der Waals surface area contributed by atoms with Gasteiger partial charge in [0.25, 0.3) is 0 Å². The number of hydrogen-bond donors (Lipinski definition) is 2. The van der Waals surface area contributed by atoms with Gasteiger partial charge >= 0.3 is 0 Å². The highest BCUT2D eigenvalue weighted by molar-refractivity contribution is 7.80. The van der Waals surface area contributed by atoms with E-state index in [1.807, 2.05) is 0 Å². The lowest BCUT2D eigenvalue weighted by molar-refractivity contribution is 0.174. The highest BCUT2D eigenvalue weighted by atomic mass is 32.1. The molecule has 0 bridgehead atoms. The molecular weight excluding hydrogens is 208 g/mol. The van der Waals surface area contributed by atoms with Gasteiger partial charge in [0.15, 0.2) is 0 Å². The first-order valence-corrected chi connectivity index (χ1v) is 6.21. The van der Waals surface area contributed by atoms with Gasteiger partial charge in [0.05, 0.1) is 4.99 Å². The van der Waals surface area contributed by atoms with Crippen LogP contribution in [0.4, 0.5) is 0 Å². The lowest BCUT2D eigenvalue weighted by atomic mass is 10.1. The van der Waals surface area contributed by atoms with Gasteiger partial charge in [-0.05, 0) is 39.2 Å². The van der Waals surface area contributed by atoms with E-state index < -0.39 is 0 Å². The molecule has 1 rings (SSSR count). The standard InChI is InChI=1S/C11H22N2OS/c1-9(8-11(12)15)13-6-2-4-10(13)5-3-7-14/h9-10,14H,2-8H2,1H3,(H2,12,15). The Kier molecular flexibility index (Phi) is 5.50. The Morgan fingerprint density at radius 1 is 1.67 bits per heavy atom. The van der Waals surface area contributed by atoms with E-state index in [2.05, 4.69) is 11.8 Å². The molecule has 1 heterocycles. The molecule has 15 heavy (non-hydrogen) atoms. The third-order valence-electron chi connectivity index (χ3n) is 3.18. The van der Waals surface area contributed by atoms with E-state index in [-0.39, 0.29) is 0 Å². The van der Waals surface area contributed by atoms with Crippen LogP contribution in [-0.2, 0) is 0 Å². The van der Waals surface area contributed by atoms with Crippen LogP contribution in [0.25, 0.3) is 0 Å². The van der Waals surface area contributed by atoms with Crippen molar-refractivity contribution >= 4 is 17.2 Å². The van der Waals surface area contributed by atoms with Crippen LogP contribution in [0.3, 0.4) is 0 Å². The van der Waals surface area contributed by atoms with Crippen LogP contribution < -0.4 is 5.73 Å². The Bertz CT molecular complexity index is 211. The molecule has 0 radical (unpaired) electrons. The van der Waals surface area contributed by atoms with E-state index in [1.165, 1.54) is 12.8 Å². The Morgan fingerprint density at radius 3 is 3.00 bits per heavy atom. The summed E-state index contributed by atoms with van der Waals surface area (Å²) in [5.41, 5.74) is 5.57. The molecule has 0 saturated carbocycles. The van der Waals surface area contributed by atoms with Crippen molar-refractivity contribution in [1.29, 1.82) is 0 Å². The van der Waals surface area contributed by atoms with Crippen molar-refractivity contribution < 1.29 is 5.11 Å². The summed E-state index contributed by atoms with van der Waals surface area (Å²) in [7, 11) is 0. The van der Waals surface area contributed by atoms with Crippen LogP contribution in [0.2, 0.25) is 0 Å². The highest BCUT2D eigenvalue weighted by Gasteiger charge is 2.27. The fourth-order valence-electron chi connectivity index (χ4n) is 2.48. The summed E-state index contributed by atoms with van der Waals surface area (Å²) in [6.07, 6.45) is 5.32. The van der Waals surface area contributed by atoms with Gasteiger partial charge < -0.3 is 10.8 Å². The summed E-state index contributed by atoms with van der Waals surface area (Å²) in [5.74, 6) is 0. The fourth-order valence-corrected chi connectivity index (χ4v) is 2.72. The zero-order chi connectivity index (χ0) is 11.3.